The van der Waals surface area contributed by atoms with Crippen LogP contribution in [0.2, 0.25) is 0 Å². The maximum atomic E-state index is 12.3. The molecule has 1 N–H and O–H groups in total. The zero-order valence-corrected chi connectivity index (χ0v) is 12.9. The van der Waals surface area contributed by atoms with Crippen molar-refractivity contribution < 1.29 is 8.42 Å². The zero-order chi connectivity index (χ0) is 13.7. The molecule has 0 spiro atoms. The van der Waals surface area contributed by atoms with E-state index in [0.29, 0.717) is 17.6 Å². The second-order valence-electron chi connectivity index (χ2n) is 6.14. The molecule has 0 bridgehead atoms. The third-order valence-corrected chi connectivity index (χ3v) is 6.68. The van der Waals surface area contributed by atoms with Gasteiger partial charge in [-0.3, -0.25) is 0 Å². The van der Waals surface area contributed by atoms with Gasteiger partial charge in [-0.1, -0.05) is 19.3 Å². The molecule has 0 radical (unpaired) electrons. The predicted molar refractivity (Wildman–Crippen MR) is 78.6 cm³/mol. The highest BCUT2D eigenvalue weighted by Gasteiger charge is 2.29. The number of hydrogen-bond donors (Lipinski definition) is 1. The van der Waals surface area contributed by atoms with Gasteiger partial charge in [0.2, 0.25) is 10.0 Å². The minimum atomic E-state index is -2.98. The average Bonchev–Trinajstić information content (AvgIpc) is 2.35. The number of nitrogens with one attached hydrogen (secondary N) is 1. The summed E-state index contributed by atoms with van der Waals surface area (Å²) in [7, 11) is -1.01. The predicted octanol–water partition coefficient (Wildman–Crippen LogP) is 1.83. The fourth-order valence-corrected chi connectivity index (χ4v) is 4.71. The molecule has 4 nitrogen and oxygen atoms in total. The molecule has 1 heterocycles. The Morgan fingerprint density at radius 3 is 2.21 bits per heavy atom. The van der Waals surface area contributed by atoms with E-state index in [1.54, 1.807) is 4.31 Å². The topological polar surface area (TPSA) is 49.4 Å². The summed E-state index contributed by atoms with van der Waals surface area (Å²) in [5.74, 6) is 1.76. The number of nitrogens with zero attached hydrogens (tertiary/aromatic N) is 1. The van der Waals surface area contributed by atoms with E-state index in [0.717, 1.165) is 38.9 Å². The molecule has 1 aliphatic carbocycles. The van der Waals surface area contributed by atoms with Gasteiger partial charge >= 0.3 is 0 Å². The Kier molecular flexibility index (Phi) is 5.66. The molecule has 0 amide bonds. The van der Waals surface area contributed by atoms with Crippen molar-refractivity contribution in [2.24, 2.45) is 11.8 Å². The van der Waals surface area contributed by atoms with Gasteiger partial charge in [-0.2, -0.15) is 0 Å². The van der Waals surface area contributed by atoms with Crippen LogP contribution in [-0.4, -0.2) is 45.2 Å². The van der Waals surface area contributed by atoms with Gasteiger partial charge in [-0.25, -0.2) is 12.7 Å². The highest BCUT2D eigenvalue weighted by Crippen LogP contribution is 2.30. The standard InChI is InChI=1S/C14H28N2O2S/c1-15-9-5-14-6-10-16(11-7-14)19(17,18)12-8-13-3-2-4-13/h13-15H,2-12H2,1H3. The summed E-state index contributed by atoms with van der Waals surface area (Å²) >= 11 is 0. The van der Waals surface area contributed by atoms with E-state index in [-0.39, 0.29) is 0 Å². The fraction of sp³-hybridized carbons (Fsp3) is 1.00. The lowest BCUT2D eigenvalue weighted by atomic mass is 9.84. The van der Waals surface area contributed by atoms with Gasteiger partial charge in [0.25, 0.3) is 0 Å². The first-order valence-corrected chi connectivity index (χ1v) is 9.35. The Hall–Kier alpha value is -0.130. The Bertz CT molecular complexity index is 358. The Morgan fingerprint density at radius 2 is 1.68 bits per heavy atom. The van der Waals surface area contributed by atoms with Gasteiger partial charge in [0.1, 0.15) is 0 Å². The normalized spacial score (nSPS) is 23.4. The first-order valence-electron chi connectivity index (χ1n) is 7.74. The molecule has 1 saturated carbocycles. The van der Waals surface area contributed by atoms with Crippen LogP contribution < -0.4 is 5.32 Å². The molecule has 0 aromatic heterocycles. The van der Waals surface area contributed by atoms with Crippen molar-refractivity contribution in [2.75, 3.05) is 32.4 Å². The zero-order valence-electron chi connectivity index (χ0n) is 12.1. The second kappa shape index (κ2) is 7.04. The van der Waals surface area contributed by atoms with Crippen molar-refractivity contribution >= 4 is 10.0 Å². The van der Waals surface area contributed by atoms with E-state index >= 15 is 0 Å². The van der Waals surface area contributed by atoms with Crippen molar-refractivity contribution in [1.29, 1.82) is 0 Å². The highest BCUT2D eigenvalue weighted by atomic mass is 32.2. The van der Waals surface area contributed by atoms with Gasteiger partial charge in [0.05, 0.1) is 5.75 Å². The van der Waals surface area contributed by atoms with Crippen molar-refractivity contribution in [2.45, 2.75) is 44.9 Å². The largest absolute Gasteiger partial charge is 0.320 e. The minimum Gasteiger partial charge on any atom is -0.320 e. The Balaban J connectivity index is 1.72. The summed E-state index contributed by atoms with van der Waals surface area (Å²) in [5.41, 5.74) is 0. The molecule has 0 unspecified atom stereocenters. The SMILES string of the molecule is CNCCC1CCN(S(=O)(=O)CCC2CCC2)CC1. The number of piperidine rings is 1. The van der Waals surface area contributed by atoms with E-state index in [1.807, 2.05) is 7.05 Å². The van der Waals surface area contributed by atoms with E-state index in [4.69, 9.17) is 0 Å². The minimum absolute atomic E-state index is 0.374. The van der Waals surface area contributed by atoms with E-state index in [1.165, 1.54) is 25.7 Å². The van der Waals surface area contributed by atoms with Crippen LogP contribution in [0.25, 0.3) is 0 Å². The number of hydrogen-bond acceptors (Lipinski definition) is 3. The smallest absolute Gasteiger partial charge is 0.214 e. The molecule has 1 aliphatic heterocycles. The number of rotatable bonds is 7. The van der Waals surface area contributed by atoms with Gasteiger partial charge in [-0.05, 0) is 51.1 Å². The van der Waals surface area contributed by atoms with Crippen molar-refractivity contribution in [1.82, 2.24) is 9.62 Å². The van der Waals surface area contributed by atoms with E-state index in [2.05, 4.69) is 5.32 Å². The highest BCUT2D eigenvalue weighted by molar-refractivity contribution is 7.89. The lowest BCUT2D eigenvalue weighted by Crippen LogP contribution is -2.40. The average molecular weight is 288 g/mol. The molecule has 2 fully saturated rings. The van der Waals surface area contributed by atoms with Crippen LogP contribution in [-0.2, 0) is 10.0 Å². The van der Waals surface area contributed by atoms with E-state index in [9.17, 15) is 8.42 Å². The van der Waals surface area contributed by atoms with Crippen molar-refractivity contribution in [3.8, 4) is 0 Å². The summed E-state index contributed by atoms with van der Waals surface area (Å²) in [6.07, 6.45) is 7.88. The summed E-state index contributed by atoms with van der Waals surface area (Å²) in [4.78, 5) is 0. The number of sulfonamides is 1. The Morgan fingerprint density at radius 1 is 1.05 bits per heavy atom. The van der Waals surface area contributed by atoms with Gasteiger partial charge < -0.3 is 5.32 Å². The van der Waals surface area contributed by atoms with Crippen LogP contribution in [0.1, 0.15) is 44.9 Å². The van der Waals surface area contributed by atoms with Crippen LogP contribution in [0, 0.1) is 11.8 Å². The Labute approximate surface area is 118 Å². The molecule has 0 aromatic rings. The molecule has 112 valence electrons. The summed E-state index contributed by atoms with van der Waals surface area (Å²) < 4.78 is 26.3. The summed E-state index contributed by atoms with van der Waals surface area (Å²) in [5, 5.41) is 3.17. The molecule has 19 heavy (non-hydrogen) atoms. The first kappa shape index (κ1) is 15.3. The molecule has 1 saturated heterocycles. The van der Waals surface area contributed by atoms with Gasteiger partial charge in [0, 0.05) is 13.1 Å². The monoisotopic (exact) mass is 288 g/mol. The van der Waals surface area contributed by atoms with Crippen LogP contribution in [0.15, 0.2) is 0 Å². The maximum absolute atomic E-state index is 12.3. The third-order valence-electron chi connectivity index (χ3n) is 4.78. The quantitative estimate of drug-likeness (QED) is 0.777. The molecule has 0 aromatic carbocycles. The third kappa shape index (κ3) is 4.43. The lowest BCUT2D eigenvalue weighted by molar-refractivity contribution is 0.260. The van der Waals surface area contributed by atoms with Crippen molar-refractivity contribution in [3.05, 3.63) is 0 Å². The molecule has 5 heteroatoms. The molecule has 2 rings (SSSR count). The van der Waals surface area contributed by atoms with Crippen LogP contribution in [0.3, 0.4) is 0 Å². The molecule has 2 aliphatic rings. The van der Waals surface area contributed by atoms with Crippen LogP contribution >= 0.6 is 0 Å². The second-order valence-corrected chi connectivity index (χ2v) is 8.22. The lowest BCUT2D eigenvalue weighted by Gasteiger charge is -2.32. The fourth-order valence-electron chi connectivity index (χ4n) is 3.05. The molecular weight excluding hydrogens is 260 g/mol. The van der Waals surface area contributed by atoms with E-state index < -0.39 is 10.0 Å². The molecular formula is C14H28N2O2S. The van der Waals surface area contributed by atoms with Gasteiger partial charge in [0.15, 0.2) is 0 Å². The molecule has 0 atom stereocenters. The first-order chi connectivity index (χ1) is 9.12. The van der Waals surface area contributed by atoms with Crippen LogP contribution in [0.5, 0.6) is 0 Å². The van der Waals surface area contributed by atoms with Crippen molar-refractivity contribution in [3.63, 3.8) is 0 Å². The van der Waals surface area contributed by atoms with Crippen LogP contribution in [0.4, 0.5) is 0 Å². The maximum Gasteiger partial charge on any atom is 0.214 e. The summed E-state index contributed by atoms with van der Waals surface area (Å²) in [6, 6.07) is 0. The summed E-state index contributed by atoms with van der Waals surface area (Å²) in [6.45, 7) is 2.52. The van der Waals surface area contributed by atoms with Gasteiger partial charge in [-0.15, -0.1) is 0 Å².